The number of rotatable bonds is 29. The molecule has 14 N–H and O–H groups in total. The van der Waals surface area contributed by atoms with Crippen LogP contribution >= 0.6 is 7.82 Å². The number of carboxylic acid groups (broad SMARTS) is 3. The van der Waals surface area contributed by atoms with Crippen molar-refractivity contribution in [2.24, 2.45) is 11.7 Å². The van der Waals surface area contributed by atoms with Gasteiger partial charge in [0.2, 0.25) is 41.4 Å². The number of nitrogens with one attached hydrogen (secondary N) is 7. The van der Waals surface area contributed by atoms with Crippen molar-refractivity contribution in [2.45, 2.75) is 115 Å². The molecule has 0 aromatic heterocycles. The van der Waals surface area contributed by atoms with Crippen molar-refractivity contribution < 1.29 is 86.9 Å². The number of nitrogens with two attached hydrogens (primary N) is 1. The van der Waals surface area contributed by atoms with Crippen molar-refractivity contribution >= 4 is 73.4 Å². The number of aliphatic carboxylic acids is 3. The van der Waals surface area contributed by atoms with Gasteiger partial charge in [-0.05, 0) is 37.7 Å². The quantitative estimate of drug-likeness (QED) is 0.0270. The minimum absolute atomic E-state index is 0.0274. The van der Waals surface area contributed by atoms with Crippen molar-refractivity contribution in [3.8, 4) is 0 Å². The number of hydrogen-bond donors (Lipinski definition) is 13. The lowest BCUT2D eigenvalue weighted by Crippen LogP contribution is -2.61. The van der Waals surface area contributed by atoms with Gasteiger partial charge in [-0.3, -0.25) is 52.5 Å². The van der Waals surface area contributed by atoms with E-state index in [0.717, 1.165) is 0 Å². The van der Waals surface area contributed by atoms with Crippen LogP contribution in [0.15, 0.2) is 30.3 Å². The highest BCUT2D eigenvalue weighted by molar-refractivity contribution is 7.46. The van der Waals surface area contributed by atoms with Gasteiger partial charge in [-0.15, -0.1) is 0 Å². The van der Waals surface area contributed by atoms with E-state index in [9.17, 15) is 82.4 Å². The number of phosphoric acid groups is 1. The van der Waals surface area contributed by atoms with Gasteiger partial charge in [-0.2, -0.15) is 0 Å². The maximum Gasteiger partial charge on any atom is 0.469 e. The molecule has 0 aliphatic heterocycles. The fourth-order valence-corrected chi connectivity index (χ4v) is 5.85. The molecule has 0 radical (unpaired) electrons. The summed E-state index contributed by atoms with van der Waals surface area (Å²) in [4.78, 5) is 158. The molecule has 0 fully saturated rings. The second kappa shape index (κ2) is 27.0. The summed E-state index contributed by atoms with van der Waals surface area (Å²) in [6.07, 6.45) is -3.21. The van der Waals surface area contributed by atoms with Crippen LogP contribution in [0.1, 0.15) is 65.4 Å². The summed E-state index contributed by atoms with van der Waals surface area (Å²) in [5.74, 6) is -14.0. The number of benzene rings is 1. The molecule has 0 bridgehead atoms. The number of carboxylic acids is 3. The Bertz CT molecular complexity index is 1900. The van der Waals surface area contributed by atoms with Crippen molar-refractivity contribution in [2.75, 3.05) is 6.61 Å². The molecule has 1 aromatic rings. The summed E-state index contributed by atoms with van der Waals surface area (Å²) < 4.78 is 15.9. The monoisotopic (exact) mass is 930 g/mol. The lowest BCUT2D eigenvalue weighted by atomic mass is 10.0. The normalized spacial score (nSPS) is 14.9. The lowest BCUT2D eigenvalue weighted by molar-refractivity contribution is -0.144. The van der Waals surface area contributed by atoms with Gasteiger partial charge >= 0.3 is 25.7 Å². The molecule has 0 heterocycles. The van der Waals surface area contributed by atoms with Gasteiger partial charge < -0.3 is 72.9 Å². The maximum absolute atomic E-state index is 13.5. The first kappa shape index (κ1) is 55.7. The standard InChI is InChI=1S/C37H55N8O18P/c1-5-22(32(54)39-21(16-46)12-20-9-7-6-8-10-20)40-34(56)24(13-28(47)48)43-35(57)25(14-29(49)50)44-37(59)27(17-63-64(60,61)62)45-36(58)26(15-30(51)52)42-33(55)23(11-18(2)3)41-31(53)19(4)38/h6-10,16,18-19,21-27H,5,11-15,17,38H2,1-4H3,(H,39,54)(H,40,56)(H,41,53)(H,42,55)(H,43,57)(H,44,59)(H,45,58)(H,47,48)(H,49,50)(H,51,52)(H2,60,61,62)/t19-,21-,22-,23-,24-,25-,26-,27-/m0/s1. The van der Waals surface area contributed by atoms with Crippen LogP contribution in [-0.4, -0.2) is 146 Å². The fraction of sp³-hybridized carbons (Fsp3) is 0.541. The van der Waals surface area contributed by atoms with Crippen molar-refractivity contribution in [1.82, 2.24) is 37.2 Å². The van der Waals surface area contributed by atoms with Crippen LogP contribution < -0.4 is 43.0 Å². The number of hydrogen-bond acceptors (Lipinski definition) is 14. The first-order valence-electron chi connectivity index (χ1n) is 19.5. The Labute approximate surface area is 365 Å². The zero-order valence-electron chi connectivity index (χ0n) is 35.2. The molecule has 0 spiro atoms. The molecule has 356 valence electrons. The first-order chi connectivity index (χ1) is 29.8. The lowest BCUT2D eigenvalue weighted by Gasteiger charge is -2.27. The highest BCUT2D eigenvalue weighted by Gasteiger charge is 2.36. The second-order valence-electron chi connectivity index (χ2n) is 14.7. The highest BCUT2D eigenvalue weighted by atomic mass is 31.2. The molecular formula is C37H55N8O18P. The Morgan fingerprint density at radius 1 is 0.609 bits per heavy atom. The molecule has 0 aliphatic carbocycles. The SMILES string of the molecule is CC[C@H](NC(=O)[C@H](CC(=O)O)NC(=O)[C@H](CC(=O)O)NC(=O)[C@H](COP(=O)(O)O)NC(=O)[C@H](CC(=O)O)NC(=O)[C@H](CC(C)C)NC(=O)[C@H](C)N)C(=O)N[C@H](C=O)Cc1ccccc1. The minimum atomic E-state index is -5.45. The molecule has 0 unspecified atom stereocenters. The van der Waals surface area contributed by atoms with Crippen LogP contribution in [0.25, 0.3) is 0 Å². The van der Waals surface area contributed by atoms with Crippen molar-refractivity contribution in [3.05, 3.63) is 35.9 Å². The molecule has 1 aromatic carbocycles. The Kier molecular flexibility index (Phi) is 23.5. The summed E-state index contributed by atoms with van der Waals surface area (Å²) in [6, 6.07) is -4.94. The molecule has 8 atom stereocenters. The van der Waals surface area contributed by atoms with E-state index in [2.05, 4.69) is 25.8 Å². The van der Waals surface area contributed by atoms with Gasteiger partial charge in [-0.1, -0.05) is 51.1 Å². The predicted octanol–water partition coefficient (Wildman–Crippen LogP) is -3.84. The van der Waals surface area contributed by atoms with Crippen LogP contribution in [0.2, 0.25) is 0 Å². The van der Waals surface area contributed by atoms with Gasteiger partial charge in [0.05, 0.1) is 38.0 Å². The van der Waals surface area contributed by atoms with Crippen LogP contribution in [0, 0.1) is 5.92 Å². The molecule has 26 nitrogen and oxygen atoms in total. The molecule has 1 rings (SSSR count). The van der Waals surface area contributed by atoms with E-state index < -0.39 is 141 Å². The van der Waals surface area contributed by atoms with Crippen LogP contribution in [0.5, 0.6) is 0 Å². The average molecular weight is 931 g/mol. The smallest absolute Gasteiger partial charge is 0.469 e. The summed E-state index contributed by atoms with van der Waals surface area (Å²) in [6.45, 7) is 4.70. The number of aldehydes is 1. The summed E-state index contributed by atoms with van der Waals surface area (Å²) in [7, 11) is -5.45. The number of amides is 7. The molecule has 0 saturated carbocycles. The molecule has 7 amide bonds. The van der Waals surface area contributed by atoms with Crippen LogP contribution in [-0.2, 0) is 68.2 Å². The molecule has 64 heavy (non-hydrogen) atoms. The van der Waals surface area contributed by atoms with Crippen molar-refractivity contribution in [3.63, 3.8) is 0 Å². The van der Waals surface area contributed by atoms with E-state index >= 15 is 0 Å². The van der Waals surface area contributed by atoms with Gasteiger partial charge in [-0.25, -0.2) is 4.57 Å². The number of carbonyl (C=O) groups is 11. The minimum Gasteiger partial charge on any atom is -0.481 e. The summed E-state index contributed by atoms with van der Waals surface area (Å²) in [5, 5.41) is 43.5. The van der Waals surface area contributed by atoms with Crippen molar-refractivity contribution in [1.29, 1.82) is 0 Å². The first-order valence-corrected chi connectivity index (χ1v) is 21.0. The second-order valence-corrected chi connectivity index (χ2v) is 16.0. The topological polar surface area (TPSA) is 425 Å². The number of phosphoric ester groups is 1. The number of carbonyl (C=O) groups excluding carboxylic acids is 8. The highest BCUT2D eigenvalue weighted by Crippen LogP contribution is 2.35. The van der Waals surface area contributed by atoms with E-state index in [1.54, 1.807) is 44.2 Å². The predicted molar refractivity (Wildman–Crippen MR) is 218 cm³/mol. The average Bonchev–Trinajstić information content (AvgIpc) is 3.18. The maximum atomic E-state index is 13.5. The van der Waals surface area contributed by atoms with Gasteiger partial charge in [0.25, 0.3) is 0 Å². The third kappa shape index (κ3) is 21.6. The largest absolute Gasteiger partial charge is 0.481 e. The Hall–Kier alpha value is -6.34. The van der Waals surface area contributed by atoms with E-state index in [0.29, 0.717) is 11.8 Å². The van der Waals surface area contributed by atoms with E-state index in [1.165, 1.54) is 13.8 Å². The Morgan fingerprint density at radius 2 is 0.984 bits per heavy atom. The van der Waals surface area contributed by atoms with E-state index in [-0.39, 0.29) is 25.2 Å². The zero-order valence-corrected chi connectivity index (χ0v) is 36.1. The Morgan fingerprint density at radius 3 is 1.36 bits per heavy atom. The zero-order chi connectivity index (χ0) is 48.9. The van der Waals surface area contributed by atoms with Gasteiger partial charge in [0, 0.05) is 0 Å². The fourth-order valence-electron chi connectivity index (χ4n) is 5.51. The third-order valence-electron chi connectivity index (χ3n) is 8.66. The molecule has 0 saturated heterocycles. The van der Waals surface area contributed by atoms with Gasteiger partial charge in [0.15, 0.2) is 0 Å². The van der Waals surface area contributed by atoms with Crippen LogP contribution in [0.4, 0.5) is 0 Å². The van der Waals surface area contributed by atoms with Gasteiger partial charge in [0.1, 0.15) is 42.5 Å². The van der Waals surface area contributed by atoms with Crippen LogP contribution in [0.3, 0.4) is 0 Å². The molecular weight excluding hydrogens is 875 g/mol. The molecule has 27 heteroatoms. The summed E-state index contributed by atoms with van der Waals surface area (Å²) in [5.41, 5.74) is 6.25. The molecule has 0 aliphatic rings. The van der Waals surface area contributed by atoms with E-state index in [1.807, 2.05) is 16.0 Å². The van der Waals surface area contributed by atoms with E-state index in [4.69, 9.17) is 5.73 Å². The third-order valence-corrected chi connectivity index (χ3v) is 9.15. The Balaban J connectivity index is 3.38. The summed E-state index contributed by atoms with van der Waals surface area (Å²) >= 11 is 0.